The molecule has 0 unspecified atom stereocenters. The predicted molar refractivity (Wildman–Crippen MR) is 72.7 cm³/mol. The molecule has 0 bridgehead atoms. The summed E-state index contributed by atoms with van der Waals surface area (Å²) in [6.07, 6.45) is -1.65. The molecular weight excluding hydrogens is 278 g/mol. The van der Waals surface area contributed by atoms with Gasteiger partial charge in [-0.05, 0) is 0 Å². The number of imidazole rings is 1. The van der Waals surface area contributed by atoms with E-state index in [1.165, 1.54) is 17.2 Å². The smallest absolute Gasteiger partial charge is 0.167 e. The second kappa shape index (κ2) is 5.19. The van der Waals surface area contributed by atoms with Crippen LogP contribution in [0.25, 0.3) is 11.2 Å². The number of hydrogen-bond donors (Lipinski definition) is 3. The SMILES string of the molecule is CN(C)c1ncnc2c1ncn2[C@@H]1OC[C@@H](O)[C@@H](O)[C@@H]1O. The number of nitrogens with zero attached hydrogens (tertiary/aromatic N) is 5. The average molecular weight is 295 g/mol. The van der Waals surface area contributed by atoms with Gasteiger partial charge in [-0.3, -0.25) is 4.57 Å². The van der Waals surface area contributed by atoms with Crippen molar-refractivity contribution in [1.29, 1.82) is 0 Å². The van der Waals surface area contributed by atoms with Gasteiger partial charge < -0.3 is 25.0 Å². The molecular formula is C12H17N5O4. The fourth-order valence-corrected chi connectivity index (χ4v) is 2.39. The molecule has 0 aromatic carbocycles. The van der Waals surface area contributed by atoms with Crippen molar-refractivity contribution >= 4 is 17.0 Å². The van der Waals surface area contributed by atoms with Gasteiger partial charge in [0.05, 0.1) is 12.9 Å². The molecule has 9 heteroatoms. The number of aliphatic hydroxyl groups is 3. The third-order valence-electron chi connectivity index (χ3n) is 3.51. The average Bonchev–Trinajstić information content (AvgIpc) is 2.88. The first kappa shape index (κ1) is 14.1. The van der Waals surface area contributed by atoms with Gasteiger partial charge in [-0.1, -0.05) is 0 Å². The highest BCUT2D eigenvalue weighted by molar-refractivity contribution is 5.83. The van der Waals surface area contributed by atoms with Crippen LogP contribution in [0.2, 0.25) is 0 Å². The van der Waals surface area contributed by atoms with E-state index in [1.807, 2.05) is 14.1 Å². The fraction of sp³-hybridized carbons (Fsp3) is 0.583. The van der Waals surface area contributed by atoms with Crippen LogP contribution in [0.4, 0.5) is 5.82 Å². The summed E-state index contributed by atoms with van der Waals surface area (Å²) < 4.78 is 6.95. The molecule has 21 heavy (non-hydrogen) atoms. The van der Waals surface area contributed by atoms with E-state index in [4.69, 9.17) is 4.74 Å². The summed E-state index contributed by atoms with van der Waals surface area (Å²) in [5.41, 5.74) is 1.06. The van der Waals surface area contributed by atoms with E-state index in [-0.39, 0.29) is 6.61 Å². The highest BCUT2D eigenvalue weighted by Crippen LogP contribution is 2.28. The Morgan fingerprint density at radius 3 is 2.67 bits per heavy atom. The molecule has 2 aromatic heterocycles. The normalized spacial score (nSPS) is 29.8. The van der Waals surface area contributed by atoms with E-state index in [9.17, 15) is 15.3 Å². The Bertz CT molecular complexity index is 646. The lowest BCUT2D eigenvalue weighted by atomic mass is 10.0. The monoisotopic (exact) mass is 295 g/mol. The van der Waals surface area contributed by atoms with Gasteiger partial charge in [0, 0.05) is 14.1 Å². The molecule has 1 aliphatic heterocycles. The van der Waals surface area contributed by atoms with Crippen LogP contribution in [0.15, 0.2) is 12.7 Å². The number of aromatic nitrogens is 4. The Balaban J connectivity index is 2.04. The number of rotatable bonds is 2. The number of ether oxygens (including phenoxy) is 1. The van der Waals surface area contributed by atoms with Crippen molar-refractivity contribution in [2.24, 2.45) is 0 Å². The highest BCUT2D eigenvalue weighted by atomic mass is 16.5. The van der Waals surface area contributed by atoms with E-state index in [0.29, 0.717) is 17.0 Å². The molecule has 0 aliphatic carbocycles. The minimum Gasteiger partial charge on any atom is -0.388 e. The van der Waals surface area contributed by atoms with Gasteiger partial charge in [-0.25, -0.2) is 15.0 Å². The van der Waals surface area contributed by atoms with Crippen molar-refractivity contribution < 1.29 is 20.1 Å². The zero-order valence-electron chi connectivity index (χ0n) is 11.7. The van der Waals surface area contributed by atoms with Crippen LogP contribution in [0.3, 0.4) is 0 Å². The molecule has 0 saturated carbocycles. The van der Waals surface area contributed by atoms with Gasteiger partial charge in [-0.15, -0.1) is 0 Å². The topological polar surface area (TPSA) is 117 Å². The summed E-state index contributed by atoms with van der Waals surface area (Å²) >= 11 is 0. The quantitative estimate of drug-likeness (QED) is 0.613. The molecule has 114 valence electrons. The number of fused-ring (bicyclic) bond motifs is 1. The molecule has 1 saturated heterocycles. The zero-order valence-corrected chi connectivity index (χ0v) is 11.7. The maximum atomic E-state index is 10.1. The van der Waals surface area contributed by atoms with Crippen LogP contribution in [-0.4, -0.2) is 73.9 Å². The lowest BCUT2D eigenvalue weighted by molar-refractivity contribution is -0.210. The summed E-state index contributed by atoms with van der Waals surface area (Å²) in [6.45, 7) is -0.0752. The first-order chi connectivity index (χ1) is 10.0. The second-order valence-electron chi connectivity index (χ2n) is 5.19. The molecule has 1 aliphatic rings. The van der Waals surface area contributed by atoms with Gasteiger partial charge in [0.2, 0.25) is 0 Å². The standard InChI is InChI=1S/C12H17N5O4/c1-16(2)10-7-11(14-4-13-10)17(5-15-7)12-9(20)8(19)6(18)3-21-12/h4-6,8-9,12,18-20H,3H2,1-2H3/t6-,8-,9+,12-/m1/s1. The number of aliphatic hydroxyl groups excluding tert-OH is 3. The number of hydrogen-bond acceptors (Lipinski definition) is 8. The molecule has 3 N–H and O–H groups in total. The highest BCUT2D eigenvalue weighted by Gasteiger charge is 2.39. The van der Waals surface area contributed by atoms with Crippen LogP contribution >= 0.6 is 0 Å². The lowest BCUT2D eigenvalue weighted by Crippen LogP contribution is -2.50. The van der Waals surface area contributed by atoms with E-state index in [2.05, 4.69) is 15.0 Å². The van der Waals surface area contributed by atoms with E-state index >= 15 is 0 Å². The molecule has 0 spiro atoms. The largest absolute Gasteiger partial charge is 0.388 e. The molecule has 4 atom stereocenters. The van der Waals surface area contributed by atoms with E-state index < -0.39 is 24.5 Å². The third kappa shape index (κ3) is 2.23. The second-order valence-corrected chi connectivity index (χ2v) is 5.19. The molecule has 9 nitrogen and oxygen atoms in total. The first-order valence-electron chi connectivity index (χ1n) is 6.51. The molecule has 1 fully saturated rings. The minimum atomic E-state index is -1.28. The van der Waals surface area contributed by atoms with Crippen molar-refractivity contribution in [3.05, 3.63) is 12.7 Å². The maximum absolute atomic E-state index is 10.1. The van der Waals surface area contributed by atoms with Gasteiger partial charge in [0.25, 0.3) is 0 Å². The van der Waals surface area contributed by atoms with Crippen LogP contribution in [0, 0.1) is 0 Å². The van der Waals surface area contributed by atoms with Crippen molar-refractivity contribution in [1.82, 2.24) is 19.5 Å². The third-order valence-corrected chi connectivity index (χ3v) is 3.51. The summed E-state index contributed by atoms with van der Waals surface area (Å²) in [6, 6.07) is 0. The Labute approximate surface area is 120 Å². The predicted octanol–water partition coefficient (Wildman–Crippen LogP) is -1.50. The molecule has 3 heterocycles. The zero-order chi connectivity index (χ0) is 15.1. The maximum Gasteiger partial charge on any atom is 0.167 e. The lowest BCUT2D eigenvalue weighted by Gasteiger charge is -2.35. The van der Waals surface area contributed by atoms with Crippen molar-refractivity contribution in [2.75, 3.05) is 25.6 Å². The van der Waals surface area contributed by atoms with Crippen LogP contribution in [0.5, 0.6) is 0 Å². The van der Waals surface area contributed by atoms with Gasteiger partial charge in [-0.2, -0.15) is 0 Å². The Morgan fingerprint density at radius 2 is 1.95 bits per heavy atom. The summed E-state index contributed by atoms with van der Waals surface area (Å²) in [5.74, 6) is 0.643. The van der Waals surface area contributed by atoms with Crippen LogP contribution in [-0.2, 0) is 4.74 Å². The first-order valence-corrected chi connectivity index (χ1v) is 6.51. The molecule has 3 rings (SSSR count). The van der Waals surface area contributed by atoms with Crippen molar-refractivity contribution in [3.63, 3.8) is 0 Å². The van der Waals surface area contributed by atoms with Crippen LogP contribution in [0.1, 0.15) is 6.23 Å². The Morgan fingerprint density at radius 1 is 1.19 bits per heavy atom. The Kier molecular flexibility index (Phi) is 3.49. The summed E-state index contributed by atoms with van der Waals surface area (Å²) in [4.78, 5) is 14.4. The van der Waals surface area contributed by atoms with Gasteiger partial charge in [0.15, 0.2) is 23.2 Å². The van der Waals surface area contributed by atoms with Gasteiger partial charge >= 0.3 is 0 Å². The van der Waals surface area contributed by atoms with E-state index in [1.54, 1.807) is 4.90 Å². The van der Waals surface area contributed by atoms with Crippen LogP contribution < -0.4 is 4.90 Å². The molecule has 0 radical (unpaired) electrons. The Hall–Kier alpha value is -1.81. The summed E-state index contributed by atoms with van der Waals surface area (Å²) in [7, 11) is 3.68. The van der Waals surface area contributed by atoms with Crippen molar-refractivity contribution in [3.8, 4) is 0 Å². The minimum absolute atomic E-state index is 0.0752. The molecule has 0 amide bonds. The fourth-order valence-electron chi connectivity index (χ4n) is 2.39. The molecule has 2 aromatic rings. The number of anilines is 1. The van der Waals surface area contributed by atoms with E-state index in [0.717, 1.165) is 0 Å². The summed E-state index contributed by atoms with van der Waals surface area (Å²) in [5, 5.41) is 29.4. The van der Waals surface area contributed by atoms with Crippen molar-refractivity contribution in [2.45, 2.75) is 24.5 Å². The van der Waals surface area contributed by atoms with Gasteiger partial charge in [0.1, 0.15) is 24.6 Å².